The molecule has 1 atom stereocenters. The fraction of sp³-hybridized carbons (Fsp3) is 0.500. The lowest BCUT2D eigenvalue weighted by molar-refractivity contribution is 0.0752. The molecular formula is C12H17FN2O3S. The minimum atomic E-state index is -3.65. The maximum atomic E-state index is 13.1. The van der Waals surface area contributed by atoms with Crippen LogP contribution >= 0.6 is 0 Å². The van der Waals surface area contributed by atoms with Crippen molar-refractivity contribution in [2.45, 2.75) is 24.3 Å². The first-order valence-electron chi connectivity index (χ1n) is 6.08. The van der Waals surface area contributed by atoms with E-state index in [4.69, 9.17) is 10.5 Å². The van der Waals surface area contributed by atoms with Crippen molar-refractivity contribution in [2.24, 2.45) is 0 Å². The Balaban J connectivity index is 2.32. The molecule has 0 bridgehead atoms. The van der Waals surface area contributed by atoms with E-state index < -0.39 is 15.8 Å². The third-order valence-electron chi connectivity index (χ3n) is 3.02. The van der Waals surface area contributed by atoms with E-state index in [1.165, 1.54) is 10.4 Å². The highest BCUT2D eigenvalue weighted by Crippen LogP contribution is 2.22. The van der Waals surface area contributed by atoms with E-state index in [2.05, 4.69) is 0 Å². The second-order valence-corrected chi connectivity index (χ2v) is 6.52. The molecule has 1 unspecified atom stereocenters. The maximum absolute atomic E-state index is 13.1. The largest absolute Gasteiger partial charge is 0.396 e. The minimum Gasteiger partial charge on any atom is -0.396 e. The first-order chi connectivity index (χ1) is 8.91. The molecule has 7 heteroatoms. The summed E-state index contributed by atoms with van der Waals surface area (Å²) in [7, 11) is -3.65. The minimum absolute atomic E-state index is 0.0144. The molecule has 1 saturated heterocycles. The van der Waals surface area contributed by atoms with Gasteiger partial charge in [-0.25, -0.2) is 12.8 Å². The second kappa shape index (κ2) is 5.44. The van der Waals surface area contributed by atoms with Gasteiger partial charge in [0.25, 0.3) is 0 Å². The van der Waals surface area contributed by atoms with E-state index in [1.807, 2.05) is 6.92 Å². The first kappa shape index (κ1) is 14.2. The maximum Gasteiger partial charge on any atom is 0.243 e. The van der Waals surface area contributed by atoms with Crippen molar-refractivity contribution >= 4 is 15.7 Å². The van der Waals surface area contributed by atoms with Gasteiger partial charge in [-0.1, -0.05) is 0 Å². The number of ether oxygens (including phenoxy) is 1. The Labute approximate surface area is 112 Å². The van der Waals surface area contributed by atoms with Gasteiger partial charge in [0.2, 0.25) is 10.0 Å². The molecule has 0 aromatic heterocycles. The quantitative estimate of drug-likeness (QED) is 0.830. The molecular weight excluding hydrogens is 271 g/mol. The number of nitrogen functional groups attached to an aromatic ring is 1. The summed E-state index contributed by atoms with van der Waals surface area (Å²) in [5, 5.41) is 0. The van der Waals surface area contributed by atoms with E-state index in [0.29, 0.717) is 26.1 Å². The predicted octanol–water partition coefficient (Wildman–Crippen LogP) is 1.21. The first-order valence-corrected chi connectivity index (χ1v) is 7.52. The molecule has 0 amide bonds. The standard InChI is InChI=1S/C12H17FN2O3S/c1-9-8-15(5-2-6-18-9)19(16,17)10-3-4-11(13)12(14)7-10/h3-4,7,9H,2,5-6,8,14H2,1H3. The van der Waals surface area contributed by atoms with Gasteiger partial charge in [0.05, 0.1) is 16.7 Å². The van der Waals surface area contributed by atoms with Gasteiger partial charge in [0.15, 0.2) is 0 Å². The van der Waals surface area contributed by atoms with Gasteiger partial charge in [0.1, 0.15) is 5.82 Å². The monoisotopic (exact) mass is 288 g/mol. The number of nitrogens with two attached hydrogens (primary N) is 1. The fourth-order valence-electron chi connectivity index (χ4n) is 2.01. The van der Waals surface area contributed by atoms with Crippen LogP contribution in [0.2, 0.25) is 0 Å². The summed E-state index contributed by atoms with van der Waals surface area (Å²) in [6.07, 6.45) is 0.482. The summed E-state index contributed by atoms with van der Waals surface area (Å²) in [6.45, 7) is 3.05. The fourth-order valence-corrected chi connectivity index (χ4v) is 3.60. The van der Waals surface area contributed by atoms with Gasteiger partial charge >= 0.3 is 0 Å². The Hall–Kier alpha value is -1.18. The van der Waals surface area contributed by atoms with Crippen molar-refractivity contribution in [3.05, 3.63) is 24.0 Å². The van der Waals surface area contributed by atoms with Crippen LogP contribution in [0, 0.1) is 5.82 Å². The number of anilines is 1. The summed E-state index contributed by atoms with van der Waals surface area (Å²) in [4.78, 5) is 0.0144. The number of hydrogen-bond acceptors (Lipinski definition) is 4. The third kappa shape index (κ3) is 3.05. The molecule has 1 aliphatic rings. The molecule has 0 radical (unpaired) electrons. The van der Waals surface area contributed by atoms with Crippen LogP contribution in [-0.4, -0.2) is 38.5 Å². The molecule has 5 nitrogen and oxygen atoms in total. The molecule has 0 saturated carbocycles. The lowest BCUT2D eigenvalue weighted by atomic mass is 10.3. The van der Waals surface area contributed by atoms with Crippen LogP contribution in [0.25, 0.3) is 0 Å². The zero-order valence-electron chi connectivity index (χ0n) is 10.7. The van der Waals surface area contributed by atoms with E-state index in [-0.39, 0.29) is 16.7 Å². The van der Waals surface area contributed by atoms with E-state index in [9.17, 15) is 12.8 Å². The van der Waals surface area contributed by atoms with Gasteiger partial charge in [0, 0.05) is 19.7 Å². The molecule has 2 N–H and O–H groups in total. The van der Waals surface area contributed by atoms with Crippen LogP contribution in [0.15, 0.2) is 23.1 Å². The Morgan fingerprint density at radius 3 is 2.89 bits per heavy atom. The van der Waals surface area contributed by atoms with Crippen LogP contribution in [0.1, 0.15) is 13.3 Å². The number of nitrogens with zero attached hydrogens (tertiary/aromatic N) is 1. The number of hydrogen-bond donors (Lipinski definition) is 1. The normalized spacial score (nSPS) is 22.1. The summed E-state index contributed by atoms with van der Waals surface area (Å²) >= 11 is 0. The molecule has 0 spiro atoms. The van der Waals surface area contributed by atoms with E-state index in [0.717, 1.165) is 12.1 Å². The highest BCUT2D eigenvalue weighted by Gasteiger charge is 2.28. The number of halogens is 1. The molecule has 1 aromatic rings. The van der Waals surface area contributed by atoms with Crippen LogP contribution in [0.5, 0.6) is 0 Å². The van der Waals surface area contributed by atoms with Crippen molar-refractivity contribution in [2.75, 3.05) is 25.4 Å². The third-order valence-corrected chi connectivity index (χ3v) is 4.88. The molecule has 2 rings (SSSR count). The summed E-state index contributed by atoms with van der Waals surface area (Å²) in [6, 6.07) is 3.46. The molecule has 1 fully saturated rings. The van der Waals surface area contributed by atoms with Gasteiger partial charge in [-0.15, -0.1) is 0 Å². The Kier molecular flexibility index (Phi) is 4.07. The SMILES string of the molecule is CC1CN(S(=O)(=O)c2ccc(F)c(N)c2)CCCO1. The van der Waals surface area contributed by atoms with E-state index >= 15 is 0 Å². The topological polar surface area (TPSA) is 72.6 Å². The lowest BCUT2D eigenvalue weighted by Gasteiger charge is -2.21. The summed E-state index contributed by atoms with van der Waals surface area (Å²) < 4.78 is 44.8. The highest BCUT2D eigenvalue weighted by atomic mass is 32.2. The molecule has 1 heterocycles. The Morgan fingerprint density at radius 2 is 2.21 bits per heavy atom. The average Bonchev–Trinajstić information content (AvgIpc) is 2.57. The molecule has 1 aliphatic heterocycles. The smallest absolute Gasteiger partial charge is 0.243 e. The van der Waals surface area contributed by atoms with Crippen molar-refractivity contribution in [1.82, 2.24) is 4.31 Å². The highest BCUT2D eigenvalue weighted by molar-refractivity contribution is 7.89. The van der Waals surface area contributed by atoms with Crippen molar-refractivity contribution < 1.29 is 17.5 Å². The second-order valence-electron chi connectivity index (χ2n) is 4.58. The molecule has 106 valence electrons. The van der Waals surface area contributed by atoms with Crippen LogP contribution in [-0.2, 0) is 14.8 Å². The molecule has 0 aliphatic carbocycles. The van der Waals surface area contributed by atoms with E-state index in [1.54, 1.807) is 0 Å². The summed E-state index contributed by atoms with van der Waals surface area (Å²) in [5.74, 6) is -0.619. The predicted molar refractivity (Wildman–Crippen MR) is 69.6 cm³/mol. The number of rotatable bonds is 2. The van der Waals surface area contributed by atoms with Gasteiger partial charge in [-0.2, -0.15) is 4.31 Å². The number of benzene rings is 1. The number of sulfonamides is 1. The van der Waals surface area contributed by atoms with Gasteiger partial charge in [-0.3, -0.25) is 0 Å². The Morgan fingerprint density at radius 1 is 1.47 bits per heavy atom. The van der Waals surface area contributed by atoms with Gasteiger partial charge < -0.3 is 10.5 Å². The van der Waals surface area contributed by atoms with Gasteiger partial charge in [-0.05, 0) is 31.5 Å². The van der Waals surface area contributed by atoms with Crippen LogP contribution < -0.4 is 5.73 Å². The average molecular weight is 288 g/mol. The zero-order chi connectivity index (χ0) is 14.0. The molecule has 19 heavy (non-hydrogen) atoms. The zero-order valence-corrected chi connectivity index (χ0v) is 11.5. The van der Waals surface area contributed by atoms with Crippen LogP contribution in [0.4, 0.5) is 10.1 Å². The summed E-state index contributed by atoms with van der Waals surface area (Å²) in [5.41, 5.74) is 5.26. The van der Waals surface area contributed by atoms with Crippen molar-refractivity contribution in [3.63, 3.8) is 0 Å². The van der Waals surface area contributed by atoms with Crippen LogP contribution in [0.3, 0.4) is 0 Å². The van der Waals surface area contributed by atoms with Crippen molar-refractivity contribution in [3.8, 4) is 0 Å². The molecule has 1 aromatic carbocycles. The Bertz CT molecular complexity index is 562. The lowest BCUT2D eigenvalue weighted by Crippen LogP contribution is -2.36. The van der Waals surface area contributed by atoms with Crippen molar-refractivity contribution in [1.29, 1.82) is 0 Å².